The van der Waals surface area contributed by atoms with Gasteiger partial charge in [0.15, 0.2) is 11.5 Å². The number of aryl methyl sites for hydroxylation is 1. The average Bonchev–Trinajstić information content (AvgIpc) is 2.73. The molecular weight excluding hydrogens is 368 g/mol. The fourth-order valence-corrected chi connectivity index (χ4v) is 3.91. The van der Waals surface area contributed by atoms with E-state index in [9.17, 15) is 9.59 Å². The summed E-state index contributed by atoms with van der Waals surface area (Å²) in [6, 6.07) is 13.0. The molecule has 0 aromatic heterocycles. The van der Waals surface area contributed by atoms with Crippen molar-refractivity contribution in [1.29, 1.82) is 0 Å². The van der Waals surface area contributed by atoms with Crippen LogP contribution in [0.1, 0.15) is 30.0 Å². The summed E-state index contributed by atoms with van der Waals surface area (Å²) in [7, 11) is 6.66. The molecule has 1 saturated heterocycles. The van der Waals surface area contributed by atoms with Crippen LogP contribution in [0, 0.1) is 12.8 Å². The maximum Gasteiger partial charge on any atom is 0.227 e. The van der Waals surface area contributed by atoms with Gasteiger partial charge in [0.25, 0.3) is 0 Å². The molecule has 1 aliphatic rings. The van der Waals surface area contributed by atoms with E-state index in [1.54, 1.807) is 38.1 Å². The number of nitrogens with zero attached hydrogens (tertiary/aromatic N) is 2. The molecule has 6 nitrogen and oxygen atoms in total. The van der Waals surface area contributed by atoms with E-state index in [-0.39, 0.29) is 17.7 Å². The smallest absolute Gasteiger partial charge is 0.227 e. The third-order valence-electron chi connectivity index (χ3n) is 5.42. The van der Waals surface area contributed by atoms with Crippen molar-refractivity contribution >= 4 is 17.5 Å². The Morgan fingerprint density at radius 3 is 2.28 bits per heavy atom. The van der Waals surface area contributed by atoms with Gasteiger partial charge in [0.2, 0.25) is 11.8 Å². The summed E-state index contributed by atoms with van der Waals surface area (Å²) >= 11 is 0. The van der Waals surface area contributed by atoms with Crippen molar-refractivity contribution in [3.8, 4) is 11.5 Å². The Balaban J connectivity index is 2.15. The lowest BCUT2D eigenvalue weighted by atomic mass is 9.82. The molecule has 3 rings (SSSR count). The molecule has 0 unspecified atom stereocenters. The topological polar surface area (TPSA) is 59.1 Å². The highest BCUT2D eigenvalue weighted by molar-refractivity contribution is 5.97. The standard InChI is InChI=1S/C23H28N2O4/c1-15-6-9-17(10-7-15)25-21(26)13-11-18(23(27)24(2)3)22(25)16-8-12-19(28-4)20(14-16)29-5/h6-10,12,14,18,22H,11,13H2,1-5H3/t18-,22+/m1/s1. The molecule has 0 saturated carbocycles. The number of carbonyl (C=O) groups is 2. The lowest BCUT2D eigenvalue weighted by Crippen LogP contribution is -2.48. The van der Waals surface area contributed by atoms with E-state index in [4.69, 9.17) is 9.47 Å². The molecule has 1 fully saturated rings. The van der Waals surface area contributed by atoms with Crippen LogP contribution in [0.2, 0.25) is 0 Å². The molecule has 2 atom stereocenters. The van der Waals surface area contributed by atoms with Gasteiger partial charge in [0, 0.05) is 26.2 Å². The van der Waals surface area contributed by atoms with E-state index < -0.39 is 6.04 Å². The Morgan fingerprint density at radius 1 is 1.03 bits per heavy atom. The average molecular weight is 396 g/mol. The predicted octanol–water partition coefficient (Wildman–Crippen LogP) is 3.58. The summed E-state index contributed by atoms with van der Waals surface area (Å²) < 4.78 is 10.8. The molecule has 0 N–H and O–H groups in total. The normalized spacial score (nSPS) is 19.1. The van der Waals surface area contributed by atoms with Gasteiger partial charge in [-0.05, 0) is 43.2 Å². The van der Waals surface area contributed by atoms with Crippen molar-refractivity contribution in [3.63, 3.8) is 0 Å². The van der Waals surface area contributed by atoms with Crippen LogP contribution in [0.25, 0.3) is 0 Å². The van der Waals surface area contributed by atoms with Gasteiger partial charge < -0.3 is 19.3 Å². The summed E-state index contributed by atoms with van der Waals surface area (Å²) in [6.45, 7) is 2.01. The fraction of sp³-hybridized carbons (Fsp3) is 0.391. The predicted molar refractivity (Wildman–Crippen MR) is 112 cm³/mol. The van der Waals surface area contributed by atoms with Crippen LogP contribution in [0.4, 0.5) is 5.69 Å². The molecule has 2 amide bonds. The van der Waals surface area contributed by atoms with E-state index in [0.717, 1.165) is 16.8 Å². The lowest BCUT2D eigenvalue weighted by Gasteiger charge is -2.41. The largest absolute Gasteiger partial charge is 0.493 e. The van der Waals surface area contributed by atoms with E-state index in [0.29, 0.717) is 24.3 Å². The second-order valence-electron chi connectivity index (χ2n) is 7.54. The Labute approximate surface area is 172 Å². The van der Waals surface area contributed by atoms with Crippen molar-refractivity contribution in [1.82, 2.24) is 4.90 Å². The van der Waals surface area contributed by atoms with Crippen LogP contribution in [0.3, 0.4) is 0 Å². The van der Waals surface area contributed by atoms with E-state index in [2.05, 4.69) is 0 Å². The zero-order chi connectivity index (χ0) is 21.1. The minimum Gasteiger partial charge on any atom is -0.493 e. The summed E-state index contributed by atoms with van der Waals surface area (Å²) in [5, 5.41) is 0. The number of piperidine rings is 1. The zero-order valence-electron chi connectivity index (χ0n) is 17.6. The summed E-state index contributed by atoms with van der Waals surface area (Å²) in [5.41, 5.74) is 2.75. The van der Waals surface area contributed by atoms with Gasteiger partial charge in [0.05, 0.1) is 26.2 Å². The number of methoxy groups -OCH3 is 2. The first kappa shape index (κ1) is 20.7. The molecule has 1 aliphatic heterocycles. The number of carbonyl (C=O) groups excluding carboxylic acids is 2. The molecule has 6 heteroatoms. The number of ether oxygens (including phenoxy) is 2. The van der Waals surface area contributed by atoms with Gasteiger partial charge in [0.1, 0.15) is 0 Å². The first-order valence-corrected chi connectivity index (χ1v) is 9.69. The van der Waals surface area contributed by atoms with Crippen LogP contribution >= 0.6 is 0 Å². The fourth-order valence-electron chi connectivity index (χ4n) is 3.91. The van der Waals surface area contributed by atoms with Crippen molar-refractivity contribution < 1.29 is 19.1 Å². The Morgan fingerprint density at radius 2 is 1.69 bits per heavy atom. The number of hydrogen-bond donors (Lipinski definition) is 0. The second-order valence-corrected chi connectivity index (χ2v) is 7.54. The van der Waals surface area contributed by atoms with Crippen molar-refractivity contribution in [3.05, 3.63) is 53.6 Å². The molecule has 0 aliphatic carbocycles. The second kappa shape index (κ2) is 8.55. The van der Waals surface area contributed by atoms with Gasteiger partial charge in [-0.3, -0.25) is 9.59 Å². The quantitative estimate of drug-likeness (QED) is 0.775. The highest BCUT2D eigenvalue weighted by Gasteiger charge is 2.42. The van der Waals surface area contributed by atoms with Gasteiger partial charge in [-0.1, -0.05) is 23.8 Å². The van der Waals surface area contributed by atoms with Gasteiger partial charge in [-0.2, -0.15) is 0 Å². The zero-order valence-corrected chi connectivity index (χ0v) is 17.6. The van der Waals surface area contributed by atoms with Crippen LogP contribution in [0.15, 0.2) is 42.5 Å². The number of anilines is 1. The van der Waals surface area contributed by atoms with Crippen LogP contribution in [-0.4, -0.2) is 45.0 Å². The number of hydrogen-bond acceptors (Lipinski definition) is 4. The van der Waals surface area contributed by atoms with E-state index >= 15 is 0 Å². The van der Waals surface area contributed by atoms with Crippen LogP contribution in [0.5, 0.6) is 11.5 Å². The Kier molecular flexibility index (Phi) is 6.11. The maximum absolute atomic E-state index is 13.0. The third kappa shape index (κ3) is 4.06. The lowest BCUT2D eigenvalue weighted by molar-refractivity contribution is -0.136. The van der Waals surface area contributed by atoms with Crippen LogP contribution in [-0.2, 0) is 9.59 Å². The first-order valence-electron chi connectivity index (χ1n) is 9.69. The minimum absolute atomic E-state index is 0.00870. The molecule has 154 valence electrons. The van der Waals surface area contributed by atoms with Gasteiger partial charge in [-0.15, -0.1) is 0 Å². The first-order chi connectivity index (χ1) is 13.9. The third-order valence-corrected chi connectivity index (χ3v) is 5.42. The summed E-state index contributed by atoms with van der Waals surface area (Å²) in [5.74, 6) is 0.853. The molecular formula is C23H28N2O4. The molecule has 0 radical (unpaired) electrons. The van der Waals surface area contributed by atoms with Crippen molar-refractivity contribution in [2.24, 2.45) is 5.92 Å². The molecule has 0 spiro atoms. The monoisotopic (exact) mass is 396 g/mol. The number of rotatable bonds is 5. The number of benzene rings is 2. The minimum atomic E-state index is -0.423. The molecule has 29 heavy (non-hydrogen) atoms. The van der Waals surface area contributed by atoms with Crippen molar-refractivity contribution in [2.75, 3.05) is 33.2 Å². The Hall–Kier alpha value is -3.02. The van der Waals surface area contributed by atoms with E-state index in [1.165, 1.54) is 0 Å². The van der Waals surface area contributed by atoms with Gasteiger partial charge >= 0.3 is 0 Å². The molecule has 0 bridgehead atoms. The highest BCUT2D eigenvalue weighted by Crippen LogP contribution is 2.42. The van der Waals surface area contributed by atoms with Crippen molar-refractivity contribution in [2.45, 2.75) is 25.8 Å². The molecule has 2 aromatic rings. The van der Waals surface area contributed by atoms with Gasteiger partial charge in [-0.25, -0.2) is 0 Å². The van der Waals surface area contributed by atoms with Crippen LogP contribution < -0.4 is 14.4 Å². The summed E-state index contributed by atoms with van der Waals surface area (Å²) in [4.78, 5) is 29.4. The van der Waals surface area contributed by atoms with E-state index in [1.807, 2.05) is 49.4 Å². The highest BCUT2D eigenvalue weighted by atomic mass is 16.5. The Bertz CT molecular complexity index is 892. The maximum atomic E-state index is 13.0. The number of amides is 2. The molecule has 2 aromatic carbocycles. The summed E-state index contributed by atoms with van der Waals surface area (Å²) in [6.07, 6.45) is 0.846. The SMILES string of the molecule is COc1ccc([C@H]2[C@H](C(=O)N(C)C)CCC(=O)N2c2ccc(C)cc2)cc1OC. The molecule has 1 heterocycles.